The van der Waals surface area contributed by atoms with Crippen molar-refractivity contribution in [3.8, 4) is 6.07 Å². The molecule has 108 valence electrons. The summed E-state index contributed by atoms with van der Waals surface area (Å²) in [6.45, 7) is 6.83. The van der Waals surface area contributed by atoms with E-state index in [4.69, 9.17) is 5.26 Å². The van der Waals surface area contributed by atoms with Crippen LogP contribution in [0.4, 0.5) is 0 Å². The van der Waals surface area contributed by atoms with Gasteiger partial charge in [-0.3, -0.25) is 10.1 Å². The van der Waals surface area contributed by atoms with Crippen molar-refractivity contribution in [2.75, 3.05) is 26.7 Å². The largest absolute Gasteiger partial charge is 0.359 e. The molecule has 1 amide bonds. The first-order valence-electron chi connectivity index (χ1n) is 7.16. The fraction of sp³-hybridized carbons (Fsp3) is 0.857. The molecule has 0 aromatic heterocycles. The highest BCUT2D eigenvalue weighted by Crippen LogP contribution is 2.16. The van der Waals surface area contributed by atoms with Crippen LogP contribution in [0.1, 0.15) is 33.1 Å². The third-order valence-electron chi connectivity index (χ3n) is 3.55. The number of likely N-dealkylation sites (tertiary alicyclic amines) is 1. The Morgan fingerprint density at radius 3 is 2.84 bits per heavy atom. The first kappa shape index (κ1) is 15.9. The molecule has 1 aliphatic heterocycles. The summed E-state index contributed by atoms with van der Waals surface area (Å²) in [6, 6.07) is 2.53. The number of rotatable bonds is 6. The predicted octanol–water partition coefficient (Wildman–Crippen LogP) is 0.725. The highest BCUT2D eigenvalue weighted by atomic mass is 16.1. The van der Waals surface area contributed by atoms with Crippen LogP contribution in [0.15, 0.2) is 0 Å². The topological polar surface area (TPSA) is 68.2 Å². The minimum atomic E-state index is -0.0969. The Morgan fingerprint density at radius 1 is 1.53 bits per heavy atom. The van der Waals surface area contributed by atoms with Gasteiger partial charge in [-0.2, -0.15) is 5.26 Å². The molecule has 0 spiro atoms. The lowest BCUT2D eigenvalue weighted by molar-refractivity contribution is -0.126. The SMILES string of the molecule is CNC(=O)C1CCCN(CCC(C#N)NC(C)C)C1. The fourth-order valence-corrected chi connectivity index (χ4v) is 2.58. The molecule has 19 heavy (non-hydrogen) atoms. The average Bonchev–Trinajstić information content (AvgIpc) is 2.42. The molecule has 1 heterocycles. The summed E-state index contributed by atoms with van der Waals surface area (Å²) in [5, 5.41) is 15.1. The standard InChI is InChI=1S/C14H26N4O/c1-11(2)17-13(9-15)6-8-18-7-4-5-12(10-18)14(19)16-3/h11-13,17H,4-8,10H2,1-3H3,(H,16,19). The Morgan fingerprint density at radius 2 is 2.26 bits per heavy atom. The van der Waals surface area contributed by atoms with Crippen molar-refractivity contribution in [1.82, 2.24) is 15.5 Å². The van der Waals surface area contributed by atoms with Gasteiger partial charge in [-0.1, -0.05) is 0 Å². The van der Waals surface area contributed by atoms with E-state index in [2.05, 4.69) is 21.6 Å². The number of carbonyl (C=O) groups is 1. The molecule has 5 nitrogen and oxygen atoms in total. The van der Waals surface area contributed by atoms with Crippen molar-refractivity contribution in [3.63, 3.8) is 0 Å². The van der Waals surface area contributed by atoms with Gasteiger partial charge in [-0.05, 0) is 39.7 Å². The van der Waals surface area contributed by atoms with Gasteiger partial charge in [0.1, 0.15) is 0 Å². The van der Waals surface area contributed by atoms with Crippen LogP contribution in [-0.2, 0) is 4.79 Å². The lowest BCUT2D eigenvalue weighted by atomic mass is 9.97. The maximum Gasteiger partial charge on any atom is 0.224 e. The van der Waals surface area contributed by atoms with Gasteiger partial charge >= 0.3 is 0 Å². The number of carbonyl (C=O) groups excluding carboxylic acids is 1. The summed E-state index contributed by atoms with van der Waals surface area (Å²) in [4.78, 5) is 14.0. The summed E-state index contributed by atoms with van der Waals surface area (Å²) in [5.41, 5.74) is 0. The van der Waals surface area contributed by atoms with E-state index in [9.17, 15) is 4.79 Å². The Labute approximate surface area is 116 Å². The van der Waals surface area contributed by atoms with Gasteiger partial charge in [-0.25, -0.2) is 0 Å². The van der Waals surface area contributed by atoms with Crippen LogP contribution in [0.3, 0.4) is 0 Å². The molecule has 2 N–H and O–H groups in total. The Balaban J connectivity index is 2.36. The first-order valence-corrected chi connectivity index (χ1v) is 7.16. The summed E-state index contributed by atoms with van der Waals surface area (Å²) < 4.78 is 0. The molecule has 0 radical (unpaired) electrons. The number of nitrogens with zero attached hydrogens (tertiary/aromatic N) is 2. The van der Waals surface area contributed by atoms with Crippen molar-refractivity contribution < 1.29 is 4.79 Å². The van der Waals surface area contributed by atoms with Gasteiger partial charge in [0.25, 0.3) is 0 Å². The highest BCUT2D eigenvalue weighted by Gasteiger charge is 2.25. The van der Waals surface area contributed by atoms with E-state index >= 15 is 0 Å². The fourth-order valence-electron chi connectivity index (χ4n) is 2.58. The van der Waals surface area contributed by atoms with Gasteiger partial charge in [-0.15, -0.1) is 0 Å². The lowest BCUT2D eigenvalue weighted by Gasteiger charge is -2.32. The molecule has 2 atom stereocenters. The highest BCUT2D eigenvalue weighted by molar-refractivity contribution is 5.78. The predicted molar refractivity (Wildman–Crippen MR) is 75.5 cm³/mol. The van der Waals surface area contributed by atoms with Gasteiger partial charge in [0, 0.05) is 26.2 Å². The number of hydrogen-bond acceptors (Lipinski definition) is 4. The zero-order valence-electron chi connectivity index (χ0n) is 12.3. The minimum Gasteiger partial charge on any atom is -0.359 e. The third kappa shape index (κ3) is 5.58. The van der Waals surface area contributed by atoms with Crippen molar-refractivity contribution in [2.24, 2.45) is 5.92 Å². The average molecular weight is 266 g/mol. The zero-order chi connectivity index (χ0) is 14.3. The van der Waals surface area contributed by atoms with Crippen molar-refractivity contribution in [1.29, 1.82) is 5.26 Å². The van der Waals surface area contributed by atoms with Crippen LogP contribution in [0.5, 0.6) is 0 Å². The van der Waals surface area contributed by atoms with E-state index in [0.717, 1.165) is 38.9 Å². The van der Waals surface area contributed by atoms with Crippen LogP contribution >= 0.6 is 0 Å². The molecule has 0 aromatic rings. The summed E-state index contributed by atoms with van der Waals surface area (Å²) in [5.74, 6) is 0.249. The van der Waals surface area contributed by atoms with E-state index in [1.165, 1.54) is 0 Å². The molecule has 2 unspecified atom stereocenters. The summed E-state index contributed by atoms with van der Waals surface area (Å²) >= 11 is 0. The van der Waals surface area contributed by atoms with E-state index < -0.39 is 0 Å². The number of piperidine rings is 1. The maximum atomic E-state index is 11.6. The molecular weight excluding hydrogens is 240 g/mol. The van der Waals surface area contributed by atoms with Crippen LogP contribution in [0.2, 0.25) is 0 Å². The van der Waals surface area contributed by atoms with E-state index in [1.54, 1.807) is 7.05 Å². The van der Waals surface area contributed by atoms with Gasteiger partial charge in [0.15, 0.2) is 0 Å². The molecular formula is C14H26N4O. The molecule has 0 saturated carbocycles. The van der Waals surface area contributed by atoms with Crippen molar-refractivity contribution in [3.05, 3.63) is 0 Å². The second-order valence-corrected chi connectivity index (χ2v) is 5.55. The second-order valence-electron chi connectivity index (χ2n) is 5.55. The van der Waals surface area contributed by atoms with Crippen LogP contribution in [-0.4, -0.2) is 49.6 Å². The van der Waals surface area contributed by atoms with Crippen LogP contribution in [0, 0.1) is 17.2 Å². The molecule has 0 aliphatic carbocycles. The van der Waals surface area contributed by atoms with E-state index in [0.29, 0.717) is 6.04 Å². The molecule has 0 bridgehead atoms. The molecule has 1 fully saturated rings. The maximum absolute atomic E-state index is 11.6. The lowest BCUT2D eigenvalue weighted by Crippen LogP contribution is -2.44. The summed E-state index contributed by atoms with van der Waals surface area (Å²) in [7, 11) is 1.69. The molecule has 1 aliphatic rings. The van der Waals surface area contributed by atoms with Gasteiger partial charge in [0.2, 0.25) is 5.91 Å². The van der Waals surface area contributed by atoms with Crippen LogP contribution < -0.4 is 10.6 Å². The van der Waals surface area contributed by atoms with Gasteiger partial charge in [0.05, 0.1) is 18.0 Å². The quantitative estimate of drug-likeness (QED) is 0.743. The number of nitriles is 1. The molecule has 0 aromatic carbocycles. The normalized spacial score (nSPS) is 21.9. The number of hydrogen-bond donors (Lipinski definition) is 2. The Kier molecular flexibility index (Phi) is 6.82. The summed E-state index contributed by atoms with van der Waals surface area (Å²) in [6.07, 6.45) is 2.85. The Hall–Kier alpha value is -1.12. The Bertz CT molecular complexity index is 324. The van der Waals surface area contributed by atoms with Crippen molar-refractivity contribution >= 4 is 5.91 Å². The van der Waals surface area contributed by atoms with Crippen molar-refractivity contribution in [2.45, 2.75) is 45.2 Å². The van der Waals surface area contributed by atoms with Crippen LogP contribution in [0.25, 0.3) is 0 Å². The third-order valence-corrected chi connectivity index (χ3v) is 3.55. The molecule has 5 heteroatoms. The number of nitrogens with one attached hydrogen (secondary N) is 2. The monoisotopic (exact) mass is 266 g/mol. The van der Waals surface area contributed by atoms with E-state index in [1.807, 2.05) is 13.8 Å². The first-order chi connectivity index (χ1) is 9.06. The zero-order valence-corrected chi connectivity index (χ0v) is 12.3. The molecule has 1 saturated heterocycles. The van der Waals surface area contributed by atoms with E-state index in [-0.39, 0.29) is 17.9 Å². The smallest absolute Gasteiger partial charge is 0.224 e. The second kappa shape index (κ2) is 8.13. The number of amides is 1. The minimum absolute atomic E-state index is 0.0969. The molecule has 1 rings (SSSR count). The van der Waals surface area contributed by atoms with Gasteiger partial charge < -0.3 is 10.2 Å².